The molecular formula is C18H15FN2O3. The van der Waals surface area contributed by atoms with Crippen molar-refractivity contribution in [2.75, 3.05) is 6.61 Å². The van der Waals surface area contributed by atoms with E-state index in [4.69, 9.17) is 9.47 Å². The Kier molecular flexibility index (Phi) is 3.45. The van der Waals surface area contributed by atoms with Gasteiger partial charge in [-0.3, -0.25) is 9.36 Å². The van der Waals surface area contributed by atoms with Gasteiger partial charge in [-0.05, 0) is 31.2 Å². The fraction of sp³-hybridized carbons (Fsp3) is 0.222. The normalized spacial score (nSPS) is 17.7. The van der Waals surface area contributed by atoms with Crippen molar-refractivity contribution in [2.45, 2.75) is 19.1 Å². The Morgan fingerprint density at radius 3 is 2.83 bits per heavy atom. The fourth-order valence-electron chi connectivity index (χ4n) is 2.87. The number of benzene rings is 2. The number of aromatic nitrogens is 2. The largest absolute Gasteiger partial charge is 0.486 e. The first-order valence-electron chi connectivity index (χ1n) is 7.69. The molecule has 122 valence electrons. The molecule has 0 aliphatic carbocycles. The Morgan fingerprint density at radius 1 is 1.21 bits per heavy atom. The second-order valence-corrected chi connectivity index (χ2v) is 5.75. The molecule has 6 heteroatoms. The van der Waals surface area contributed by atoms with E-state index in [1.165, 1.54) is 23.0 Å². The van der Waals surface area contributed by atoms with Gasteiger partial charge in [-0.1, -0.05) is 18.2 Å². The average molecular weight is 326 g/mol. The molecule has 2 aromatic carbocycles. The molecule has 2 atom stereocenters. The zero-order valence-corrected chi connectivity index (χ0v) is 13.0. The minimum absolute atomic E-state index is 0.0807. The molecule has 1 aliphatic heterocycles. The Labute approximate surface area is 137 Å². The van der Waals surface area contributed by atoms with Crippen LogP contribution in [0, 0.1) is 5.82 Å². The predicted molar refractivity (Wildman–Crippen MR) is 87.0 cm³/mol. The van der Waals surface area contributed by atoms with Gasteiger partial charge in [0.25, 0.3) is 5.56 Å². The van der Waals surface area contributed by atoms with Gasteiger partial charge in [-0.2, -0.15) is 0 Å². The first kappa shape index (κ1) is 14.7. The van der Waals surface area contributed by atoms with E-state index in [-0.39, 0.29) is 28.6 Å². The topological polar surface area (TPSA) is 53.4 Å². The van der Waals surface area contributed by atoms with E-state index in [9.17, 15) is 9.18 Å². The second-order valence-electron chi connectivity index (χ2n) is 5.75. The van der Waals surface area contributed by atoms with Gasteiger partial charge in [-0.15, -0.1) is 0 Å². The van der Waals surface area contributed by atoms with E-state index in [2.05, 4.69) is 4.98 Å². The van der Waals surface area contributed by atoms with Crippen LogP contribution in [0.15, 0.2) is 53.6 Å². The van der Waals surface area contributed by atoms with Crippen molar-refractivity contribution in [3.05, 3.63) is 65.0 Å². The monoisotopic (exact) mass is 326 g/mol. The molecule has 0 spiro atoms. The van der Waals surface area contributed by atoms with Crippen LogP contribution in [0.3, 0.4) is 0 Å². The summed E-state index contributed by atoms with van der Waals surface area (Å²) in [4.78, 5) is 16.8. The van der Waals surface area contributed by atoms with Crippen LogP contribution in [0.2, 0.25) is 0 Å². The summed E-state index contributed by atoms with van der Waals surface area (Å²) in [6, 6.07) is 11.5. The highest BCUT2D eigenvalue weighted by Gasteiger charge is 2.28. The van der Waals surface area contributed by atoms with Crippen LogP contribution in [-0.2, 0) is 0 Å². The van der Waals surface area contributed by atoms with Gasteiger partial charge in [0.05, 0.1) is 17.8 Å². The van der Waals surface area contributed by atoms with Gasteiger partial charge in [0.2, 0.25) is 0 Å². The number of hydrogen-bond donors (Lipinski definition) is 0. The Morgan fingerprint density at radius 2 is 2.00 bits per heavy atom. The number of rotatable bonds is 2. The zero-order valence-electron chi connectivity index (χ0n) is 13.0. The maximum Gasteiger partial charge on any atom is 0.261 e. The van der Waals surface area contributed by atoms with Crippen molar-refractivity contribution in [3.63, 3.8) is 0 Å². The molecular weight excluding hydrogens is 311 g/mol. The van der Waals surface area contributed by atoms with Crippen LogP contribution >= 0.6 is 0 Å². The number of nitrogens with zero attached hydrogens (tertiary/aromatic N) is 2. The van der Waals surface area contributed by atoms with Gasteiger partial charge < -0.3 is 9.47 Å². The van der Waals surface area contributed by atoms with Crippen LogP contribution in [0.5, 0.6) is 11.5 Å². The number of fused-ring (bicyclic) bond motifs is 2. The molecule has 0 bridgehead atoms. The third-order valence-corrected chi connectivity index (χ3v) is 4.27. The maximum absolute atomic E-state index is 13.8. The van der Waals surface area contributed by atoms with E-state index in [0.29, 0.717) is 18.1 Å². The lowest BCUT2D eigenvalue weighted by Crippen LogP contribution is -2.39. The van der Waals surface area contributed by atoms with Crippen molar-refractivity contribution < 1.29 is 13.9 Å². The van der Waals surface area contributed by atoms with E-state index in [0.717, 1.165) is 0 Å². The summed E-state index contributed by atoms with van der Waals surface area (Å²) in [5, 5.41) is 0.251. The highest BCUT2D eigenvalue weighted by molar-refractivity contribution is 5.77. The number of para-hydroxylation sites is 3. The number of halogens is 1. The molecule has 5 nitrogen and oxygen atoms in total. The smallest absolute Gasteiger partial charge is 0.261 e. The van der Waals surface area contributed by atoms with Crippen molar-refractivity contribution >= 4 is 10.9 Å². The van der Waals surface area contributed by atoms with E-state index >= 15 is 0 Å². The minimum atomic E-state index is -0.504. The Hall–Kier alpha value is -2.89. The first-order valence-corrected chi connectivity index (χ1v) is 7.69. The van der Waals surface area contributed by atoms with Crippen LogP contribution < -0.4 is 15.0 Å². The summed E-state index contributed by atoms with van der Waals surface area (Å²) in [5.74, 6) is 0.830. The lowest BCUT2D eigenvalue weighted by Gasteiger charge is -2.31. The quantitative estimate of drug-likeness (QED) is 0.726. The van der Waals surface area contributed by atoms with Gasteiger partial charge in [0.1, 0.15) is 17.9 Å². The third-order valence-electron chi connectivity index (χ3n) is 4.27. The summed E-state index contributed by atoms with van der Waals surface area (Å²) in [6.45, 7) is 2.18. The molecule has 24 heavy (non-hydrogen) atoms. The zero-order chi connectivity index (χ0) is 16.7. The molecule has 0 saturated heterocycles. The molecule has 3 aromatic rings. The second kappa shape index (κ2) is 5.63. The van der Waals surface area contributed by atoms with Crippen molar-refractivity contribution in [2.24, 2.45) is 0 Å². The van der Waals surface area contributed by atoms with Crippen molar-refractivity contribution in [1.29, 1.82) is 0 Å². The van der Waals surface area contributed by atoms with Gasteiger partial charge in [0.15, 0.2) is 17.6 Å². The summed E-state index contributed by atoms with van der Waals surface area (Å²) in [5.41, 5.74) is -0.216. The predicted octanol–water partition coefficient (Wildman–Crippen LogP) is 2.94. The van der Waals surface area contributed by atoms with Crippen LogP contribution in [0.25, 0.3) is 10.9 Å². The lowest BCUT2D eigenvalue weighted by molar-refractivity contribution is 0.0559. The van der Waals surface area contributed by atoms with Crippen LogP contribution in [0.4, 0.5) is 4.39 Å². The van der Waals surface area contributed by atoms with Crippen LogP contribution in [-0.4, -0.2) is 22.3 Å². The molecule has 1 aliphatic rings. The number of ether oxygens (including phenoxy) is 2. The molecule has 0 radical (unpaired) electrons. The molecule has 0 unspecified atom stereocenters. The Balaban J connectivity index is 1.71. The van der Waals surface area contributed by atoms with Gasteiger partial charge in [0, 0.05) is 0 Å². The molecule has 0 N–H and O–H groups in total. The third kappa shape index (κ3) is 2.31. The molecule has 0 fully saturated rings. The van der Waals surface area contributed by atoms with E-state index in [1.807, 2.05) is 31.2 Å². The standard InChI is InChI=1S/C18H15FN2O3/c1-11(16-9-23-14-7-2-3-8-15(14)24-16)21-10-20-17-12(18(21)22)5-4-6-13(17)19/h2-8,10-11,16H,9H2,1H3/t11-,16-/m0/s1. The highest BCUT2D eigenvalue weighted by Crippen LogP contribution is 2.33. The molecule has 0 saturated carbocycles. The molecule has 1 aromatic heterocycles. The van der Waals surface area contributed by atoms with E-state index in [1.54, 1.807) is 6.07 Å². The Bertz CT molecular complexity index is 970. The van der Waals surface area contributed by atoms with Gasteiger partial charge >= 0.3 is 0 Å². The summed E-state index contributed by atoms with van der Waals surface area (Å²) < 4.78 is 26.9. The maximum atomic E-state index is 13.8. The van der Waals surface area contributed by atoms with Crippen LogP contribution in [0.1, 0.15) is 13.0 Å². The van der Waals surface area contributed by atoms with Crippen molar-refractivity contribution in [1.82, 2.24) is 9.55 Å². The summed E-state index contributed by atoms with van der Waals surface area (Å²) in [6.07, 6.45) is 1.02. The summed E-state index contributed by atoms with van der Waals surface area (Å²) >= 11 is 0. The minimum Gasteiger partial charge on any atom is -0.486 e. The fourth-order valence-corrected chi connectivity index (χ4v) is 2.87. The van der Waals surface area contributed by atoms with Crippen molar-refractivity contribution in [3.8, 4) is 11.5 Å². The van der Waals surface area contributed by atoms with E-state index < -0.39 is 5.82 Å². The molecule has 0 amide bonds. The SMILES string of the molecule is C[C@@H]([C@@H]1COc2ccccc2O1)n1cnc2c(F)cccc2c1=O. The van der Waals surface area contributed by atoms with Gasteiger partial charge in [-0.25, -0.2) is 9.37 Å². The highest BCUT2D eigenvalue weighted by atomic mass is 19.1. The summed E-state index contributed by atoms with van der Waals surface area (Å²) in [7, 11) is 0. The molecule has 4 rings (SSSR count). The average Bonchev–Trinajstić information content (AvgIpc) is 2.62. The number of hydrogen-bond acceptors (Lipinski definition) is 4. The lowest BCUT2D eigenvalue weighted by atomic mass is 10.1. The first-order chi connectivity index (χ1) is 11.6. The molecule has 2 heterocycles.